The minimum Gasteiger partial charge on any atom is -0.478 e. The first-order valence-corrected chi connectivity index (χ1v) is 5.65. The van der Waals surface area contributed by atoms with Gasteiger partial charge >= 0.3 is 5.97 Å². The van der Waals surface area contributed by atoms with Crippen LogP contribution in [0.4, 0.5) is 4.39 Å². The summed E-state index contributed by atoms with van der Waals surface area (Å²) in [5.74, 6) is -1.39. The van der Waals surface area contributed by atoms with E-state index in [4.69, 9.17) is 16.7 Å². The van der Waals surface area contributed by atoms with Gasteiger partial charge in [-0.2, -0.15) is 0 Å². The Bertz CT molecular complexity index is 603. The molecule has 0 heterocycles. The van der Waals surface area contributed by atoms with Crippen molar-refractivity contribution in [2.45, 2.75) is 6.92 Å². The molecule has 2 nitrogen and oxygen atoms in total. The third kappa shape index (κ3) is 2.51. The Labute approximate surface area is 109 Å². The standard InChI is InChI=1S/C14H10ClFO2/c1-8-4-10(6-11(16)5-8)12-3-2-9(14(17)18)7-13(12)15/h2-7H,1H3,(H,17,18). The molecule has 0 aliphatic heterocycles. The average Bonchev–Trinajstić information content (AvgIpc) is 2.27. The van der Waals surface area contributed by atoms with Crippen LogP contribution in [0.15, 0.2) is 36.4 Å². The Balaban J connectivity index is 2.54. The number of benzene rings is 2. The lowest BCUT2D eigenvalue weighted by Crippen LogP contribution is -1.96. The van der Waals surface area contributed by atoms with E-state index in [9.17, 15) is 9.18 Å². The highest BCUT2D eigenvalue weighted by Crippen LogP contribution is 2.30. The van der Waals surface area contributed by atoms with Gasteiger partial charge in [-0.05, 0) is 42.3 Å². The molecule has 0 atom stereocenters. The van der Waals surface area contributed by atoms with Crippen LogP contribution in [0.25, 0.3) is 11.1 Å². The number of carbonyl (C=O) groups is 1. The highest BCUT2D eigenvalue weighted by Gasteiger charge is 2.09. The monoisotopic (exact) mass is 264 g/mol. The zero-order valence-electron chi connectivity index (χ0n) is 9.58. The van der Waals surface area contributed by atoms with E-state index in [-0.39, 0.29) is 11.4 Å². The predicted octanol–water partition coefficient (Wildman–Crippen LogP) is 4.15. The SMILES string of the molecule is Cc1cc(F)cc(-c2ccc(C(=O)O)cc2Cl)c1. The first kappa shape index (κ1) is 12.6. The Kier molecular flexibility index (Phi) is 3.34. The molecule has 0 saturated carbocycles. The maximum Gasteiger partial charge on any atom is 0.335 e. The third-order valence-corrected chi connectivity index (χ3v) is 2.88. The molecule has 92 valence electrons. The normalized spacial score (nSPS) is 10.4. The van der Waals surface area contributed by atoms with E-state index in [1.165, 1.54) is 24.3 Å². The van der Waals surface area contributed by atoms with Gasteiger partial charge in [0, 0.05) is 10.6 Å². The Hall–Kier alpha value is -1.87. The van der Waals surface area contributed by atoms with Crippen molar-refractivity contribution in [3.05, 3.63) is 58.4 Å². The van der Waals surface area contributed by atoms with Crippen molar-refractivity contribution in [1.29, 1.82) is 0 Å². The van der Waals surface area contributed by atoms with E-state index in [2.05, 4.69) is 0 Å². The van der Waals surface area contributed by atoms with Gasteiger partial charge < -0.3 is 5.11 Å². The zero-order chi connectivity index (χ0) is 13.3. The van der Waals surface area contributed by atoms with Gasteiger partial charge in [0.25, 0.3) is 0 Å². The number of aromatic carboxylic acids is 1. The molecular formula is C14H10ClFO2. The first-order valence-electron chi connectivity index (χ1n) is 5.28. The van der Waals surface area contributed by atoms with Crippen molar-refractivity contribution >= 4 is 17.6 Å². The molecule has 18 heavy (non-hydrogen) atoms. The largest absolute Gasteiger partial charge is 0.478 e. The molecule has 4 heteroatoms. The van der Waals surface area contributed by atoms with Crippen LogP contribution in [0, 0.1) is 12.7 Å². The lowest BCUT2D eigenvalue weighted by atomic mass is 10.0. The number of carboxylic acids is 1. The van der Waals surface area contributed by atoms with Crippen LogP contribution in [0.3, 0.4) is 0 Å². The highest BCUT2D eigenvalue weighted by molar-refractivity contribution is 6.33. The number of hydrogen-bond acceptors (Lipinski definition) is 1. The zero-order valence-corrected chi connectivity index (χ0v) is 10.3. The fraction of sp³-hybridized carbons (Fsp3) is 0.0714. The number of carboxylic acid groups (broad SMARTS) is 1. The average molecular weight is 265 g/mol. The second-order valence-corrected chi connectivity index (χ2v) is 4.42. The fourth-order valence-corrected chi connectivity index (χ4v) is 2.06. The van der Waals surface area contributed by atoms with Gasteiger partial charge in [-0.3, -0.25) is 0 Å². The maximum atomic E-state index is 13.3. The van der Waals surface area contributed by atoms with E-state index >= 15 is 0 Å². The van der Waals surface area contributed by atoms with Crippen molar-refractivity contribution in [2.75, 3.05) is 0 Å². The molecule has 0 aliphatic carbocycles. The summed E-state index contributed by atoms with van der Waals surface area (Å²) in [7, 11) is 0. The van der Waals surface area contributed by atoms with Gasteiger partial charge in [0.1, 0.15) is 5.82 Å². The molecule has 0 aromatic heterocycles. The Morgan fingerprint density at radius 3 is 2.50 bits per heavy atom. The van der Waals surface area contributed by atoms with Gasteiger partial charge in [-0.1, -0.05) is 23.7 Å². The molecule has 0 aliphatic rings. The summed E-state index contributed by atoms with van der Waals surface area (Å²) in [4.78, 5) is 10.8. The summed E-state index contributed by atoms with van der Waals surface area (Å²) >= 11 is 6.03. The van der Waals surface area contributed by atoms with Crippen LogP contribution < -0.4 is 0 Å². The molecule has 0 radical (unpaired) electrons. The molecule has 2 aromatic carbocycles. The minimum atomic E-state index is -1.04. The molecule has 1 N–H and O–H groups in total. The summed E-state index contributed by atoms with van der Waals surface area (Å²) in [5, 5.41) is 9.13. The molecular weight excluding hydrogens is 255 g/mol. The summed E-state index contributed by atoms with van der Waals surface area (Å²) in [6, 6.07) is 8.98. The lowest BCUT2D eigenvalue weighted by molar-refractivity contribution is 0.0697. The molecule has 2 rings (SSSR count). The smallest absolute Gasteiger partial charge is 0.335 e. The van der Waals surface area contributed by atoms with Crippen molar-refractivity contribution in [1.82, 2.24) is 0 Å². The lowest BCUT2D eigenvalue weighted by Gasteiger charge is -2.07. The van der Waals surface area contributed by atoms with E-state index in [1.807, 2.05) is 0 Å². The fourth-order valence-electron chi connectivity index (χ4n) is 1.77. The first-order chi connectivity index (χ1) is 8.47. The van der Waals surface area contributed by atoms with E-state index in [1.54, 1.807) is 19.1 Å². The predicted molar refractivity (Wildman–Crippen MR) is 68.5 cm³/mol. The topological polar surface area (TPSA) is 37.3 Å². The summed E-state index contributed by atoms with van der Waals surface area (Å²) in [5.41, 5.74) is 2.14. The maximum absolute atomic E-state index is 13.3. The van der Waals surface area contributed by atoms with Crippen LogP contribution in [0.2, 0.25) is 5.02 Å². The van der Waals surface area contributed by atoms with Gasteiger partial charge in [0.05, 0.1) is 5.56 Å². The summed E-state index contributed by atoms with van der Waals surface area (Å²) in [6.45, 7) is 1.78. The van der Waals surface area contributed by atoms with Crippen LogP contribution >= 0.6 is 11.6 Å². The van der Waals surface area contributed by atoms with Gasteiger partial charge in [0.2, 0.25) is 0 Å². The second kappa shape index (κ2) is 4.78. The van der Waals surface area contributed by atoms with Crippen LogP contribution in [-0.4, -0.2) is 11.1 Å². The molecule has 0 bridgehead atoms. The van der Waals surface area contributed by atoms with Crippen molar-refractivity contribution in [3.8, 4) is 11.1 Å². The van der Waals surface area contributed by atoms with Gasteiger partial charge in [0.15, 0.2) is 0 Å². The summed E-state index contributed by atoms with van der Waals surface area (Å²) in [6.07, 6.45) is 0. The van der Waals surface area contributed by atoms with Crippen LogP contribution in [0.5, 0.6) is 0 Å². The second-order valence-electron chi connectivity index (χ2n) is 4.02. The minimum absolute atomic E-state index is 0.108. The van der Waals surface area contributed by atoms with Crippen LogP contribution in [-0.2, 0) is 0 Å². The molecule has 0 saturated heterocycles. The van der Waals surface area contributed by atoms with Gasteiger partial charge in [-0.15, -0.1) is 0 Å². The third-order valence-electron chi connectivity index (χ3n) is 2.57. The quantitative estimate of drug-likeness (QED) is 0.885. The van der Waals surface area contributed by atoms with E-state index in [0.717, 1.165) is 5.56 Å². The molecule has 0 fully saturated rings. The number of rotatable bonds is 2. The van der Waals surface area contributed by atoms with E-state index in [0.29, 0.717) is 16.1 Å². The molecule has 0 amide bonds. The Morgan fingerprint density at radius 2 is 1.94 bits per heavy atom. The Morgan fingerprint density at radius 1 is 1.22 bits per heavy atom. The van der Waals surface area contributed by atoms with E-state index < -0.39 is 5.97 Å². The van der Waals surface area contributed by atoms with Gasteiger partial charge in [-0.25, -0.2) is 9.18 Å². The number of hydrogen-bond donors (Lipinski definition) is 1. The molecule has 0 unspecified atom stereocenters. The van der Waals surface area contributed by atoms with Crippen molar-refractivity contribution < 1.29 is 14.3 Å². The molecule has 0 spiro atoms. The summed E-state index contributed by atoms with van der Waals surface area (Å²) < 4.78 is 13.3. The highest BCUT2D eigenvalue weighted by atomic mass is 35.5. The van der Waals surface area contributed by atoms with Crippen molar-refractivity contribution in [2.24, 2.45) is 0 Å². The number of aryl methyl sites for hydroxylation is 1. The molecule has 2 aromatic rings. The van der Waals surface area contributed by atoms with Crippen molar-refractivity contribution in [3.63, 3.8) is 0 Å². The number of halogens is 2. The van der Waals surface area contributed by atoms with Crippen LogP contribution in [0.1, 0.15) is 15.9 Å².